The van der Waals surface area contributed by atoms with Crippen molar-refractivity contribution in [3.63, 3.8) is 0 Å². The lowest BCUT2D eigenvalue weighted by Gasteiger charge is -2.13. The van der Waals surface area contributed by atoms with Crippen molar-refractivity contribution >= 4 is 63.8 Å². The summed E-state index contributed by atoms with van der Waals surface area (Å²) in [5, 5.41) is 11.8. The fraction of sp³-hybridized carbons (Fsp3) is 0.115. The third-order valence-electron chi connectivity index (χ3n) is 5.48. The Hall–Kier alpha value is -4.06. The third kappa shape index (κ3) is 6.17. The van der Waals surface area contributed by atoms with Gasteiger partial charge in [0.2, 0.25) is 5.75 Å². The highest BCUT2D eigenvalue weighted by Gasteiger charge is 2.35. The van der Waals surface area contributed by atoms with Crippen molar-refractivity contribution in [1.82, 2.24) is 4.90 Å². The summed E-state index contributed by atoms with van der Waals surface area (Å²) < 4.78 is 15.7. The van der Waals surface area contributed by atoms with Gasteiger partial charge in [-0.3, -0.25) is 24.6 Å². The lowest BCUT2D eigenvalue weighted by Crippen LogP contribution is -2.27. The molecule has 0 radical (unpaired) electrons. The van der Waals surface area contributed by atoms with E-state index in [0.29, 0.717) is 21.2 Å². The normalized spacial score (nSPS) is 14.1. The maximum Gasteiger partial charge on any atom is 0.338 e. The van der Waals surface area contributed by atoms with Gasteiger partial charge in [-0.25, -0.2) is 4.79 Å². The molecule has 0 aliphatic carbocycles. The second-order valence-corrected chi connectivity index (χ2v) is 9.77. The van der Waals surface area contributed by atoms with Crippen LogP contribution in [0.3, 0.4) is 0 Å². The number of hydrogen-bond acceptors (Lipinski definition) is 9. The van der Waals surface area contributed by atoms with Crippen molar-refractivity contribution in [2.45, 2.75) is 6.54 Å². The van der Waals surface area contributed by atoms with Crippen LogP contribution < -0.4 is 9.47 Å². The largest absolute Gasteiger partial charge is 0.493 e. The number of halogens is 2. The molecular weight excluding hydrogens is 571 g/mol. The molecule has 1 saturated heterocycles. The first-order valence-electron chi connectivity index (χ1n) is 11.0. The van der Waals surface area contributed by atoms with Gasteiger partial charge in [0.25, 0.3) is 11.1 Å². The second-order valence-electron chi connectivity index (χ2n) is 7.96. The number of esters is 1. The lowest BCUT2D eigenvalue weighted by molar-refractivity contribution is -0.385. The van der Waals surface area contributed by atoms with Crippen LogP contribution in [0.15, 0.2) is 59.5 Å². The van der Waals surface area contributed by atoms with E-state index in [1.165, 1.54) is 38.5 Å². The van der Waals surface area contributed by atoms with Crippen LogP contribution >= 0.6 is 35.0 Å². The second kappa shape index (κ2) is 11.8. The Kier molecular flexibility index (Phi) is 8.44. The zero-order valence-electron chi connectivity index (χ0n) is 20.3. The van der Waals surface area contributed by atoms with E-state index in [1.807, 2.05) is 0 Å². The van der Waals surface area contributed by atoms with Crippen LogP contribution in [-0.2, 0) is 16.1 Å². The minimum atomic E-state index is -0.729. The van der Waals surface area contributed by atoms with Gasteiger partial charge in [-0.05, 0) is 65.4 Å². The zero-order chi connectivity index (χ0) is 28.3. The van der Waals surface area contributed by atoms with E-state index >= 15 is 0 Å². The van der Waals surface area contributed by atoms with Gasteiger partial charge in [-0.15, -0.1) is 0 Å². The number of benzene rings is 3. The van der Waals surface area contributed by atoms with Crippen molar-refractivity contribution in [3.8, 4) is 17.2 Å². The van der Waals surface area contributed by atoms with Gasteiger partial charge in [0.05, 0.1) is 46.2 Å². The molecule has 0 spiro atoms. The predicted octanol–water partition coefficient (Wildman–Crippen LogP) is 6.73. The fourth-order valence-electron chi connectivity index (χ4n) is 3.58. The minimum absolute atomic E-state index is 0.00744. The van der Waals surface area contributed by atoms with Crippen molar-refractivity contribution in [1.29, 1.82) is 0 Å². The molecule has 0 bridgehead atoms. The number of ether oxygens (including phenoxy) is 3. The van der Waals surface area contributed by atoms with Crippen molar-refractivity contribution in [2.75, 3.05) is 14.2 Å². The van der Waals surface area contributed by atoms with Crippen LogP contribution in [0.5, 0.6) is 17.2 Å². The SMILES string of the molecule is COC(=O)c1ccc(Oc2ccc(/C=C3\SC(=O)N(Cc4ccc(Cl)c(Cl)c4)C3=O)cc2OC)c([N+](=O)[O-])c1. The standard InChI is InChI=1S/C26H18Cl2N2O8S/c1-36-22-10-14(4-7-21(22)38-20-8-5-16(25(32)37-2)12-19(20)30(34)35)11-23-24(31)29(26(33)39-23)13-15-3-6-17(27)18(28)9-15/h3-12H,13H2,1-2H3/b23-11-. The molecule has 10 nitrogen and oxygen atoms in total. The summed E-state index contributed by atoms with van der Waals surface area (Å²) in [5.41, 5.74) is 0.714. The summed E-state index contributed by atoms with van der Waals surface area (Å²) in [6, 6.07) is 13.2. The van der Waals surface area contributed by atoms with Gasteiger partial charge in [0.15, 0.2) is 11.5 Å². The maximum atomic E-state index is 12.9. The Bertz CT molecular complexity index is 1540. The summed E-state index contributed by atoms with van der Waals surface area (Å²) in [6.45, 7) is 0.0303. The van der Waals surface area contributed by atoms with E-state index in [2.05, 4.69) is 4.74 Å². The van der Waals surface area contributed by atoms with Crippen LogP contribution in [0, 0.1) is 10.1 Å². The third-order valence-corrected chi connectivity index (χ3v) is 7.13. The van der Waals surface area contributed by atoms with E-state index in [-0.39, 0.29) is 34.3 Å². The molecule has 39 heavy (non-hydrogen) atoms. The molecule has 0 aromatic heterocycles. The van der Waals surface area contributed by atoms with Crippen LogP contribution in [0.1, 0.15) is 21.5 Å². The molecular formula is C26H18Cl2N2O8S. The average Bonchev–Trinajstić information content (AvgIpc) is 3.18. The summed E-state index contributed by atoms with van der Waals surface area (Å²) in [4.78, 5) is 49.4. The number of rotatable bonds is 8. The average molecular weight is 589 g/mol. The van der Waals surface area contributed by atoms with Gasteiger partial charge in [0.1, 0.15) is 0 Å². The summed E-state index contributed by atoms with van der Waals surface area (Å²) in [5.74, 6) is -0.965. The topological polar surface area (TPSA) is 125 Å². The van der Waals surface area contributed by atoms with Gasteiger partial charge >= 0.3 is 11.7 Å². The van der Waals surface area contributed by atoms with Crippen molar-refractivity contribution in [3.05, 3.63) is 96.4 Å². The van der Waals surface area contributed by atoms with Gasteiger partial charge in [-0.1, -0.05) is 35.3 Å². The number of nitro benzene ring substituents is 1. The monoisotopic (exact) mass is 588 g/mol. The van der Waals surface area contributed by atoms with Crippen LogP contribution in [0.25, 0.3) is 6.08 Å². The number of amides is 2. The van der Waals surface area contributed by atoms with E-state index in [9.17, 15) is 24.5 Å². The molecule has 1 heterocycles. The molecule has 200 valence electrons. The molecule has 0 unspecified atom stereocenters. The molecule has 2 amide bonds. The van der Waals surface area contributed by atoms with Gasteiger partial charge in [0, 0.05) is 6.07 Å². The summed E-state index contributed by atoms with van der Waals surface area (Å²) >= 11 is 12.8. The molecule has 3 aromatic rings. The van der Waals surface area contributed by atoms with Crippen LogP contribution in [-0.4, -0.2) is 41.2 Å². The van der Waals surface area contributed by atoms with Crippen molar-refractivity contribution in [2.24, 2.45) is 0 Å². The van der Waals surface area contributed by atoms with Gasteiger partial charge in [-0.2, -0.15) is 0 Å². The summed E-state index contributed by atoms with van der Waals surface area (Å²) in [7, 11) is 2.55. The molecule has 13 heteroatoms. The number of carbonyl (C=O) groups excluding carboxylic acids is 3. The fourth-order valence-corrected chi connectivity index (χ4v) is 4.74. The van der Waals surface area contributed by atoms with E-state index in [0.717, 1.165) is 22.7 Å². The molecule has 0 saturated carbocycles. The number of nitro groups is 1. The Morgan fingerprint density at radius 3 is 2.41 bits per heavy atom. The van der Waals surface area contributed by atoms with E-state index in [4.69, 9.17) is 32.7 Å². The number of carbonyl (C=O) groups is 3. The first-order chi connectivity index (χ1) is 18.6. The Morgan fingerprint density at radius 2 is 1.74 bits per heavy atom. The van der Waals surface area contributed by atoms with Gasteiger partial charge < -0.3 is 14.2 Å². The first-order valence-corrected chi connectivity index (χ1v) is 12.6. The highest BCUT2D eigenvalue weighted by molar-refractivity contribution is 8.18. The molecule has 3 aromatic carbocycles. The number of thioether (sulfide) groups is 1. The maximum absolute atomic E-state index is 12.9. The predicted molar refractivity (Wildman–Crippen MR) is 145 cm³/mol. The smallest absolute Gasteiger partial charge is 0.338 e. The Labute approximate surface area is 236 Å². The molecule has 0 atom stereocenters. The highest BCUT2D eigenvalue weighted by atomic mass is 35.5. The summed E-state index contributed by atoms with van der Waals surface area (Å²) in [6.07, 6.45) is 1.53. The van der Waals surface area contributed by atoms with Crippen molar-refractivity contribution < 1.29 is 33.5 Å². The highest BCUT2D eigenvalue weighted by Crippen LogP contribution is 2.39. The van der Waals surface area contributed by atoms with E-state index < -0.39 is 27.7 Å². The van der Waals surface area contributed by atoms with Crippen LogP contribution in [0.4, 0.5) is 10.5 Å². The van der Waals surface area contributed by atoms with E-state index in [1.54, 1.807) is 30.3 Å². The number of methoxy groups -OCH3 is 2. The quantitative estimate of drug-likeness (QED) is 0.122. The minimum Gasteiger partial charge on any atom is -0.493 e. The number of hydrogen-bond donors (Lipinski definition) is 0. The molecule has 4 rings (SSSR count). The molecule has 1 aliphatic rings. The number of nitrogens with zero attached hydrogens (tertiary/aromatic N) is 2. The molecule has 0 N–H and O–H groups in total. The van der Waals surface area contributed by atoms with Crippen LogP contribution in [0.2, 0.25) is 10.0 Å². The molecule has 1 fully saturated rings. The lowest BCUT2D eigenvalue weighted by atomic mass is 10.1. The Balaban J connectivity index is 1.56. The first kappa shape index (κ1) is 28.0. The molecule has 1 aliphatic heterocycles. The Morgan fingerprint density at radius 1 is 1.00 bits per heavy atom. The zero-order valence-corrected chi connectivity index (χ0v) is 22.6. The number of imide groups is 1.